The van der Waals surface area contributed by atoms with E-state index >= 15 is 0 Å². The van der Waals surface area contributed by atoms with Crippen molar-refractivity contribution in [2.45, 2.75) is 6.92 Å². The molecule has 0 aliphatic rings. The van der Waals surface area contributed by atoms with Gasteiger partial charge < -0.3 is 24.3 Å². The van der Waals surface area contributed by atoms with Gasteiger partial charge in [-0.3, -0.25) is 9.59 Å². The van der Waals surface area contributed by atoms with E-state index in [1.807, 2.05) is 0 Å². The van der Waals surface area contributed by atoms with Crippen LogP contribution in [0.1, 0.15) is 22.8 Å². The largest absolute Gasteiger partial charge is 0.493 e. The van der Waals surface area contributed by atoms with Crippen molar-refractivity contribution in [2.75, 3.05) is 33.3 Å². The minimum Gasteiger partial charge on any atom is -0.493 e. The first-order valence-electron chi connectivity index (χ1n) is 8.94. The second kappa shape index (κ2) is 10.7. The highest BCUT2D eigenvalue weighted by Crippen LogP contribution is 2.38. The fraction of sp³-hybridized carbons (Fsp3) is 0.227. The van der Waals surface area contributed by atoms with E-state index in [9.17, 15) is 14.4 Å². The number of carbonyl (C=O) groups is 3. The summed E-state index contributed by atoms with van der Waals surface area (Å²) in [5, 5.41) is 2.56. The summed E-state index contributed by atoms with van der Waals surface area (Å²) in [5.41, 5.74) is 1.35. The van der Waals surface area contributed by atoms with E-state index in [4.69, 9.17) is 18.9 Å². The molecule has 0 aromatic heterocycles. The Labute approximate surface area is 174 Å². The predicted octanol–water partition coefficient (Wildman–Crippen LogP) is 3.11. The van der Waals surface area contributed by atoms with Gasteiger partial charge in [-0.05, 0) is 42.8 Å². The lowest BCUT2D eigenvalue weighted by molar-refractivity contribution is -0.142. The van der Waals surface area contributed by atoms with Crippen LogP contribution in [-0.2, 0) is 14.3 Å². The maximum absolute atomic E-state index is 12.0. The molecular weight excluding hydrogens is 390 g/mol. The van der Waals surface area contributed by atoms with Crippen molar-refractivity contribution < 1.29 is 33.3 Å². The maximum atomic E-state index is 12.0. The zero-order valence-corrected chi connectivity index (χ0v) is 17.2. The Morgan fingerprint density at radius 1 is 0.967 bits per heavy atom. The number of para-hydroxylation sites is 1. The van der Waals surface area contributed by atoms with Crippen LogP contribution in [0.3, 0.4) is 0 Å². The molecule has 0 aliphatic heterocycles. The average Bonchev–Trinajstić information content (AvgIpc) is 2.75. The van der Waals surface area contributed by atoms with Crippen molar-refractivity contribution in [3.05, 3.63) is 53.6 Å². The predicted molar refractivity (Wildman–Crippen MR) is 111 cm³/mol. The van der Waals surface area contributed by atoms with Gasteiger partial charge in [-0.2, -0.15) is 0 Å². The number of ketones is 1. The molecule has 8 heteroatoms. The van der Waals surface area contributed by atoms with Crippen molar-refractivity contribution in [2.24, 2.45) is 0 Å². The average molecular weight is 413 g/mol. The first kappa shape index (κ1) is 22.5. The monoisotopic (exact) mass is 413 g/mol. The minimum atomic E-state index is -0.709. The summed E-state index contributed by atoms with van der Waals surface area (Å²) in [6.07, 6.45) is 2.67. The Kier molecular flexibility index (Phi) is 7.99. The van der Waals surface area contributed by atoms with E-state index in [-0.39, 0.29) is 5.78 Å². The number of esters is 1. The highest BCUT2D eigenvalue weighted by Gasteiger charge is 2.13. The number of anilines is 1. The molecule has 0 bridgehead atoms. The van der Waals surface area contributed by atoms with Gasteiger partial charge in [0.25, 0.3) is 5.91 Å². The second-order valence-electron chi connectivity index (χ2n) is 6.05. The van der Waals surface area contributed by atoms with E-state index < -0.39 is 18.5 Å². The molecule has 2 aromatic carbocycles. The van der Waals surface area contributed by atoms with Crippen LogP contribution in [0, 0.1) is 0 Å². The third-order valence-electron chi connectivity index (χ3n) is 4.02. The van der Waals surface area contributed by atoms with E-state index in [1.165, 1.54) is 40.4 Å². The van der Waals surface area contributed by atoms with Crippen LogP contribution in [-0.4, -0.2) is 45.6 Å². The smallest absolute Gasteiger partial charge is 0.331 e. The molecule has 158 valence electrons. The number of Topliss-reactive ketones (excluding diaryl/α,β-unsaturated/α-hetero) is 1. The lowest BCUT2D eigenvalue weighted by atomic mass is 10.1. The van der Waals surface area contributed by atoms with Gasteiger partial charge in [0.2, 0.25) is 5.75 Å². The van der Waals surface area contributed by atoms with Crippen LogP contribution in [0.4, 0.5) is 5.69 Å². The number of methoxy groups -OCH3 is 3. The number of hydrogen-bond donors (Lipinski definition) is 1. The van der Waals surface area contributed by atoms with Gasteiger partial charge in [0.15, 0.2) is 23.9 Å². The molecule has 0 radical (unpaired) electrons. The molecule has 1 amide bonds. The van der Waals surface area contributed by atoms with E-state index in [0.29, 0.717) is 34.1 Å². The first-order valence-corrected chi connectivity index (χ1v) is 8.94. The Balaban J connectivity index is 1.99. The summed E-state index contributed by atoms with van der Waals surface area (Å²) in [7, 11) is 4.47. The number of hydrogen-bond acceptors (Lipinski definition) is 7. The third-order valence-corrected chi connectivity index (χ3v) is 4.02. The Morgan fingerprint density at radius 2 is 1.60 bits per heavy atom. The Hall–Kier alpha value is -3.81. The highest BCUT2D eigenvalue weighted by molar-refractivity contribution is 6.04. The molecule has 0 fully saturated rings. The van der Waals surface area contributed by atoms with Gasteiger partial charge in [0.1, 0.15) is 0 Å². The standard InChI is InChI=1S/C22H23NO7/c1-14(24)16-7-5-6-8-17(16)23-20(25)13-30-21(26)10-9-15-11-18(27-2)22(29-4)19(12-15)28-3/h5-12H,13H2,1-4H3,(H,23,25). The van der Waals surface area contributed by atoms with Crippen LogP contribution in [0.5, 0.6) is 17.2 Å². The molecule has 0 spiro atoms. The van der Waals surface area contributed by atoms with Gasteiger partial charge in [0, 0.05) is 11.6 Å². The minimum absolute atomic E-state index is 0.184. The van der Waals surface area contributed by atoms with Gasteiger partial charge in [-0.15, -0.1) is 0 Å². The van der Waals surface area contributed by atoms with Crippen LogP contribution in [0.15, 0.2) is 42.5 Å². The molecule has 0 saturated heterocycles. The fourth-order valence-electron chi connectivity index (χ4n) is 2.63. The maximum Gasteiger partial charge on any atom is 0.331 e. The molecule has 0 atom stereocenters. The second-order valence-corrected chi connectivity index (χ2v) is 6.05. The Bertz CT molecular complexity index is 941. The quantitative estimate of drug-likeness (QED) is 0.383. The van der Waals surface area contributed by atoms with E-state index in [2.05, 4.69) is 5.32 Å². The summed E-state index contributed by atoms with van der Waals surface area (Å²) in [4.78, 5) is 35.6. The number of benzene rings is 2. The molecule has 2 rings (SSSR count). The molecule has 0 saturated carbocycles. The number of ether oxygens (including phenoxy) is 4. The van der Waals surface area contributed by atoms with Gasteiger partial charge in [-0.1, -0.05) is 12.1 Å². The topological polar surface area (TPSA) is 100 Å². The fourth-order valence-corrected chi connectivity index (χ4v) is 2.63. The van der Waals surface area contributed by atoms with Gasteiger partial charge >= 0.3 is 5.97 Å². The molecule has 30 heavy (non-hydrogen) atoms. The SMILES string of the molecule is COc1cc(C=CC(=O)OCC(=O)Nc2ccccc2C(C)=O)cc(OC)c1OC. The zero-order valence-electron chi connectivity index (χ0n) is 17.2. The normalized spacial score (nSPS) is 10.4. The summed E-state index contributed by atoms with van der Waals surface area (Å²) in [5.74, 6) is -0.142. The summed E-state index contributed by atoms with van der Waals surface area (Å²) >= 11 is 0. The first-order chi connectivity index (χ1) is 14.4. The van der Waals surface area contributed by atoms with Crippen LogP contribution in [0.2, 0.25) is 0 Å². The van der Waals surface area contributed by atoms with Crippen LogP contribution in [0.25, 0.3) is 6.08 Å². The molecule has 8 nitrogen and oxygen atoms in total. The molecule has 0 aliphatic carbocycles. The molecular formula is C22H23NO7. The molecule has 2 aromatic rings. The molecule has 1 N–H and O–H groups in total. The van der Waals surface area contributed by atoms with Crippen molar-refractivity contribution in [3.63, 3.8) is 0 Å². The summed E-state index contributed by atoms with van der Waals surface area (Å²) in [6.45, 7) is 0.906. The van der Waals surface area contributed by atoms with Crippen LogP contribution < -0.4 is 19.5 Å². The molecule has 0 heterocycles. The van der Waals surface area contributed by atoms with E-state index in [0.717, 1.165) is 0 Å². The van der Waals surface area contributed by atoms with Crippen LogP contribution >= 0.6 is 0 Å². The van der Waals surface area contributed by atoms with Gasteiger partial charge in [-0.25, -0.2) is 4.79 Å². The van der Waals surface area contributed by atoms with Crippen molar-refractivity contribution >= 4 is 29.4 Å². The lowest BCUT2D eigenvalue weighted by Gasteiger charge is -2.12. The number of amides is 1. The number of carbonyl (C=O) groups excluding carboxylic acids is 3. The van der Waals surface area contributed by atoms with E-state index in [1.54, 1.807) is 36.4 Å². The summed E-state index contributed by atoms with van der Waals surface area (Å²) in [6, 6.07) is 9.91. The van der Waals surface area contributed by atoms with Crippen molar-refractivity contribution in [1.29, 1.82) is 0 Å². The highest BCUT2D eigenvalue weighted by atomic mass is 16.5. The van der Waals surface area contributed by atoms with Crippen molar-refractivity contribution in [1.82, 2.24) is 0 Å². The molecule has 0 unspecified atom stereocenters. The number of nitrogens with one attached hydrogen (secondary N) is 1. The Morgan fingerprint density at radius 3 is 2.17 bits per heavy atom. The number of rotatable bonds is 9. The third kappa shape index (κ3) is 5.84. The van der Waals surface area contributed by atoms with Crippen molar-refractivity contribution in [3.8, 4) is 17.2 Å². The summed E-state index contributed by atoms with van der Waals surface area (Å²) < 4.78 is 20.7. The lowest BCUT2D eigenvalue weighted by Crippen LogP contribution is -2.21. The van der Waals surface area contributed by atoms with Gasteiger partial charge in [0.05, 0.1) is 27.0 Å². The zero-order chi connectivity index (χ0) is 22.1.